The number of aromatic nitrogens is 1. The van der Waals surface area contributed by atoms with E-state index in [1.54, 1.807) is 0 Å². The Morgan fingerprint density at radius 1 is 0.511 bits per heavy atom. The Morgan fingerprint density at radius 3 is 1.51 bits per heavy atom. The molecule has 9 rings (SSSR count). The van der Waals surface area contributed by atoms with Crippen molar-refractivity contribution in [3.05, 3.63) is 167 Å². The number of rotatable bonds is 5. The topological polar surface area (TPSA) is 45.4 Å². The van der Waals surface area contributed by atoms with Crippen LogP contribution in [0.3, 0.4) is 0 Å². The van der Waals surface area contributed by atoms with Crippen LogP contribution in [0.15, 0.2) is 133 Å². The second kappa shape index (κ2) is 9.52. The first-order valence-electron chi connectivity index (χ1n) is 15.9. The molecule has 1 heterocycles. The molecule has 45 heavy (non-hydrogen) atoms. The molecule has 3 heteroatoms. The zero-order chi connectivity index (χ0) is 30.3. The summed E-state index contributed by atoms with van der Waals surface area (Å²) >= 11 is 0. The van der Waals surface area contributed by atoms with Gasteiger partial charge in [-0.1, -0.05) is 115 Å². The number of nitrogens with zero attached hydrogens (tertiary/aromatic N) is 1. The average molecular weight is 584 g/mol. The minimum Gasteiger partial charge on any atom is -0.380 e. The highest BCUT2D eigenvalue weighted by Gasteiger charge is 2.43. The Morgan fingerprint density at radius 2 is 1.00 bits per heavy atom. The van der Waals surface area contributed by atoms with Gasteiger partial charge >= 0.3 is 0 Å². The maximum absolute atomic E-state index is 12.6. The molecule has 0 saturated carbocycles. The Balaban J connectivity index is 1.21. The molecule has 7 aromatic rings. The van der Waals surface area contributed by atoms with Crippen molar-refractivity contribution in [1.29, 1.82) is 0 Å². The standard InChI is InChI=1S/C42H33NO2/c1-2-43-38-23-22-27(25-41(44)34-17-7-3-13-29(34)30-14-4-8-18-35(30)41)24-33(38)40-28(12-11-21-39(40)43)26-42(45)36-19-9-5-15-31(36)32-16-6-10-20-37(32)42/h3-24,44-45H,2,25-26H2,1H3. The van der Waals surface area contributed by atoms with Crippen LogP contribution in [0, 0.1) is 0 Å². The van der Waals surface area contributed by atoms with Gasteiger partial charge in [-0.15, -0.1) is 0 Å². The fraction of sp³-hybridized carbons (Fsp3) is 0.143. The van der Waals surface area contributed by atoms with E-state index in [-0.39, 0.29) is 0 Å². The molecule has 0 atom stereocenters. The van der Waals surface area contributed by atoms with Crippen LogP contribution in [0.25, 0.3) is 44.1 Å². The van der Waals surface area contributed by atoms with E-state index in [9.17, 15) is 10.2 Å². The van der Waals surface area contributed by atoms with Gasteiger partial charge in [-0.3, -0.25) is 0 Å². The lowest BCUT2D eigenvalue weighted by Crippen LogP contribution is -2.27. The first-order valence-corrected chi connectivity index (χ1v) is 15.9. The molecular weight excluding hydrogens is 550 g/mol. The zero-order valence-corrected chi connectivity index (χ0v) is 25.2. The molecule has 0 radical (unpaired) electrons. The first kappa shape index (κ1) is 26.4. The number of fused-ring (bicyclic) bond motifs is 9. The fourth-order valence-corrected chi connectivity index (χ4v) is 8.43. The van der Waals surface area contributed by atoms with Gasteiger partial charge in [-0.2, -0.15) is 0 Å². The molecule has 1 aromatic heterocycles. The number of aryl methyl sites for hydroxylation is 1. The summed E-state index contributed by atoms with van der Waals surface area (Å²) in [6.07, 6.45) is 0.943. The normalized spacial score (nSPS) is 15.2. The molecule has 3 nitrogen and oxygen atoms in total. The van der Waals surface area contributed by atoms with Gasteiger partial charge in [0, 0.05) is 41.2 Å². The number of aliphatic hydroxyl groups is 2. The van der Waals surface area contributed by atoms with Gasteiger partial charge in [0.25, 0.3) is 0 Å². The third kappa shape index (κ3) is 3.60. The summed E-state index contributed by atoms with van der Waals surface area (Å²) < 4.78 is 2.37. The van der Waals surface area contributed by atoms with Crippen LogP contribution in [-0.4, -0.2) is 14.8 Å². The summed E-state index contributed by atoms with van der Waals surface area (Å²) in [6.45, 7) is 3.02. The quantitative estimate of drug-likeness (QED) is 0.213. The highest BCUT2D eigenvalue weighted by Crippen LogP contribution is 2.51. The van der Waals surface area contributed by atoms with Gasteiger partial charge in [0.1, 0.15) is 11.2 Å². The molecule has 0 unspecified atom stereocenters. The van der Waals surface area contributed by atoms with E-state index >= 15 is 0 Å². The number of benzene rings is 6. The second-order valence-corrected chi connectivity index (χ2v) is 12.7. The summed E-state index contributed by atoms with van der Waals surface area (Å²) in [5, 5.41) is 27.3. The molecule has 0 fully saturated rings. The van der Waals surface area contributed by atoms with E-state index in [2.05, 4.69) is 96.4 Å². The maximum Gasteiger partial charge on any atom is 0.120 e. The predicted octanol–water partition coefficient (Wildman–Crippen LogP) is 8.73. The summed E-state index contributed by atoms with van der Waals surface area (Å²) in [5.41, 5.74) is 10.5. The number of hydrogen-bond acceptors (Lipinski definition) is 2. The summed E-state index contributed by atoms with van der Waals surface area (Å²) in [6, 6.07) is 46.1. The van der Waals surface area contributed by atoms with Crippen molar-refractivity contribution in [2.75, 3.05) is 0 Å². The van der Waals surface area contributed by atoms with Gasteiger partial charge in [-0.05, 0) is 80.8 Å². The molecule has 2 aliphatic rings. The Kier molecular flexibility index (Phi) is 5.59. The van der Waals surface area contributed by atoms with Gasteiger partial charge in [0.2, 0.25) is 0 Å². The van der Waals surface area contributed by atoms with E-state index in [0.717, 1.165) is 67.6 Å². The Labute approximate surface area is 262 Å². The van der Waals surface area contributed by atoms with Crippen molar-refractivity contribution in [1.82, 2.24) is 4.57 Å². The highest BCUT2D eigenvalue weighted by atomic mass is 16.3. The molecule has 0 saturated heterocycles. The summed E-state index contributed by atoms with van der Waals surface area (Å²) in [4.78, 5) is 0. The van der Waals surface area contributed by atoms with Crippen LogP contribution in [0.2, 0.25) is 0 Å². The lowest BCUT2D eigenvalue weighted by atomic mass is 9.83. The number of hydrogen-bond donors (Lipinski definition) is 2. The molecular formula is C42H33NO2. The summed E-state index contributed by atoms with van der Waals surface area (Å²) in [5.74, 6) is 0. The van der Waals surface area contributed by atoms with Crippen molar-refractivity contribution in [3.63, 3.8) is 0 Å². The third-order valence-electron chi connectivity index (χ3n) is 10.3. The van der Waals surface area contributed by atoms with Crippen LogP contribution >= 0.6 is 0 Å². The Bertz CT molecular complexity index is 2220. The molecule has 6 aromatic carbocycles. The van der Waals surface area contributed by atoms with Crippen molar-refractivity contribution < 1.29 is 10.2 Å². The van der Waals surface area contributed by atoms with E-state index < -0.39 is 11.2 Å². The van der Waals surface area contributed by atoms with Crippen LogP contribution in [-0.2, 0) is 30.6 Å². The van der Waals surface area contributed by atoms with Crippen molar-refractivity contribution in [2.45, 2.75) is 37.5 Å². The minimum atomic E-state index is -1.13. The first-order chi connectivity index (χ1) is 22.0. The van der Waals surface area contributed by atoms with E-state index in [1.165, 1.54) is 16.4 Å². The zero-order valence-electron chi connectivity index (χ0n) is 25.2. The van der Waals surface area contributed by atoms with E-state index in [4.69, 9.17) is 0 Å². The SMILES string of the molecule is CCn1c2ccc(CC3(O)c4ccccc4-c4ccccc43)cc2c2c(CC3(O)c4ccccc4-c4ccccc43)cccc21. The molecule has 218 valence electrons. The van der Waals surface area contributed by atoms with Crippen molar-refractivity contribution >= 4 is 21.8 Å². The van der Waals surface area contributed by atoms with E-state index in [1.807, 2.05) is 48.5 Å². The molecule has 0 bridgehead atoms. The smallest absolute Gasteiger partial charge is 0.120 e. The second-order valence-electron chi connectivity index (χ2n) is 12.7. The summed E-state index contributed by atoms with van der Waals surface area (Å²) in [7, 11) is 0. The Hall–Kier alpha value is -4.96. The van der Waals surface area contributed by atoms with Gasteiger partial charge in [-0.25, -0.2) is 0 Å². The van der Waals surface area contributed by atoms with Crippen molar-refractivity contribution in [2.24, 2.45) is 0 Å². The largest absolute Gasteiger partial charge is 0.380 e. The van der Waals surface area contributed by atoms with Gasteiger partial charge < -0.3 is 14.8 Å². The molecule has 0 spiro atoms. The van der Waals surface area contributed by atoms with Gasteiger partial charge in [0.15, 0.2) is 0 Å². The fourth-order valence-electron chi connectivity index (χ4n) is 8.43. The lowest BCUT2D eigenvalue weighted by Gasteiger charge is -2.27. The maximum atomic E-state index is 12.6. The molecule has 0 aliphatic heterocycles. The van der Waals surface area contributed by atoms with E-state index in [0.29, 0.717) is 12.8 Å². The molecule has 2 N–H and O–H groups in total. The third-order valence-corrected chi connectivity index (χ3v) is 10.3. The molecule has 2 aliphatic carbocycles. The van der Waals surface area contributed by atoms with Crippen LogP contribution in [0.4, 0.5) is 0 Å². The lowest BCUT2D eigenvalue weighted by molar-refractivity contribution is 0.0859. The molecule has 0 amide bonds. The van der Waals surface area contributed by atoms with Crippen LogP contribution < -0.4 is 0 Å². The monoisotopic (exact) mass is 583 g/mol. The highest BCUT2D eigenvalue weighted by molar-refractivity contribution is 6.10. The predicted molar refractivity (Wildman–Crippen MR) is 182 cm³/mol. The van der Waals surface area contributed by atoms with Gasteiger partial charge in [0.05, 0.1) is 0 Å². The van der Waals surface area contributed by atoms with Crippen LogP contribution in [0.1, 0.15) is 40.3 Å². The van der Waals surface area contributed by atoms with Crippen LogP contribution in [0.5, 0.6) is 0 Å². The average Bonchev–Trinajstić information content (AvgIpc) is 3.63. The van der Waals surface area contributed by atoms with Crippen molar-refractivity contribution in [3.8, 4) is 22.3 Å². The minimum absolute atomic E-state index is 0.468.